The fourth-order valence-corrected chi connectivity index (χ4v) is 6.54. The molecule has 4 aliphatic carbocycles. The van der Waals surface area contributed by atoms with Crippen LogP contribution in [0, 0.1) is 35.5 Å². The van der Waals surface area contributed by atoms with Gasteiger partial charge in [0.05, 0.1) is 6.04 Å². The molecule has 25 heavy (non-hydrogen) atoms. The average Bonchev–Trinajstić information content (AvgIpc) is 3.14. The summed E-state index contributed by atoms with van der Waals surface area (Å²) in [7, 11) is 0. The molecule has 0 unspecified atom stereocenters. The van der Waals surface area contributed by atoms with E-state index >= 15 is 0 Å². The average molecular weight is 342 g/mol. The predicted molar refractivity (Wildman–Crippen MR) is 94.6 cm³/mol. The van der Waals surface area contributed by atoms with Gasteiger partial charge in [-0.2, -0.15) is 0 Å². The van der Waals surface area contributed by atoms with E-state index in [-0.39, 0.29) is 12.0 Å². The zero-order chi connectivity index (χ0) is 17.1. The summed E-state index contributed by atoms with van der Waals surface area (Å²) >= 11 is 0. The Morgan fingerprint density at radius 3 is 2.40 bits per heavy atom. The van der Waals surface area contributed by atoms with Gasteiger partial charge in [0.2, 0.25) is 5.91 Å². The molecule has 2 heterocycles. The lowest BCUT2D eigenvalue weighted by Crippen LogP contribution is -2.52. The second kappa shape index (κ2) is 5.82. The molecule has 1 aromatic heterocycles. The maximum absolute atomic E-state index is 13.3. The van der Waals surface area contributed by atoms with Crippen LogP contribution in [0.1, 0.15) is 70.1 Å². The van der Waals surface area contributed by atoms with E-state index < -0.39 is 0 Å². The number of nitrogens with zero attached hydrogens (tertiary/aromatic N) is 3. The van der Waals surface area contributed by atoms with Gasteiger partial charge in [-0.05, 0) is 68.1 Å². The minimum Gasteiger partial charge on any atom is -0.346 e. The molecule has 0 aromatic carbocycles. The number of carbonyl (C=O) groups excluding carboxylic acids is 1. The quantitative estimate of drug-likeness (QED) is 0.914. The van der Waals surface area contributed by atoms with Crippen LogP contribution in [-0.4, -0.2) is 20.7 Å². The van der Waals surface area contributed by atoms with Gasteiger partial charge in [-0.25, -0.2) is 0 Å². The summed E-state index contributed by atoms with van der Waals surface area (Å²) < 4.78 is 2.24. The lowest BCUT2D eigenvalue weighted by molar-refractivity contribution is -0.139. The van der Waals surface area contributed by atoms with Crippen molar-refractivity contribution in [3.63, 3.8) is 0 Å². The van der Waals surface area contributed by atoms with Crippen LogP contribution in [0.15, 0.2) is 0 Å². The number of nitrogens with one attached hydrogen (secondary N) is 1. The van der Waals surface area contributed by atoms with Crippen molar-refractivity contribution in [3.8, 4) is 0 Å². The molecule has 1 N–H and O–H groups in total. The maximum atomic E-state index is 13.3. The lowest BCUT2D eigenvalue weighted by Gasteiger charge is -2.53. The summed E-state index contributed by atoms with van der Waals surface area (Å²) in [4.78, 5) is 13.3. The van der Waals surface area contributed by atoms with E-state index in [9.17, 15) is 4.79 Å². The summed E-state index contributed by atoms with van der Waals surface area (Å²) in [6.07, 6.45) is 8.75. The summed E-state index contributed by atoms with van der Waals surface area (Å²) in [6.45, 7) is 5.35. The van der Waals surface area contributed by atoms with Crippen molar-refractivity contribution in [3.05, 3.63) is 11.6 Å². The number of aromatic nitrogens is 3. The van der Waals surface area contributed by atoms with Gasteiger partial charge < -0.3 is 9.88 Å². The topological polar surface area (TPSA) is 59.8 Å². The Morgan fingerprint density at radius 1 is 1.08 bits per heavy atom. The molecule has 1 aromatic rings. The maximum Gasteiger partial charge on any atom is 0.224 e. The Bertz CT molecular complexity index is 651. The Morgan fingerprint density at radius 2 is 1.76 bits per heavy atom. The largest absolute Gasteiger partial charge is 0.346 e. The highest BCUT2D eigenvalue weighted by Gasteiger charge is 2.51. The van der Waals surface area contributed by atoms with E-state index in [1.807, 2.05) is 0 Å². The van der Waals surface area contributed by atoms with Crippen LogP contribution < -0.4 is 5.32 Å². The minimum atomic E-state index is -0.0102. The van der Waals surface area contributed by atoms with E-state index in [0.29, 0.717) is 23.7 Å². The normalized spacial score (nSPS) is 36.7. The molecular formula is C20H30N4O. The van der Waals surface area contributed by atoms with E-state index in [1.54, 1.807) is 0 Å². The Labute approximate surface area is 150 Å². The van der Waals surface area contributed by atoms with Gasteiger partial charge in [-0.3, -0.25) is 4.79 Å². The third-order valence-corrected chi connectivity index (χ3v) is 7.41. The predicted octanol–water partition coefficient (Wildman–Crippen LogP) is 3.11. The fourth-order valence-electron chi connectivity index (χ4n) is 6.54. The van der Waals surface area contributed by atoms with Gasteiger partial charge in [0.1, 0.15) is 5.82 Å². The molecule has 0 saturated heterocycles. The Kier molecular flexibility index (Phi) is 3.68. The number of fused-ring (bicyclic) bond motifs is 1. The fraction of sp³-hybridized carbons (Fsp3) is 0.850. The van der Waals surface area contributed by atoms with Crippen molar-refractivity contribution in [1.82, 2.24) is 20.1 Å². The molecule has 0 radical (unpaired) electrons. The third-order valence-electron chi connectivity index (χ3n) is 7.41. The van der Waals surface area contributed by atoms with Crippen molar-refractivity contribution in [2.24, 2.45) is 35.5 Å². The Hall–Kier alpha value is -1.39. The molecule has 0 spiro atoms. The highest BCUT2D eigenvalue weighted by molar-refractivity contribution is 5.80. The molecule has 5 heteroatoms. The molecule has 5 aliphatic rings. The number of aryl methyl sites for hydroxylation is 1. The number of hydrogen-bond donors (Lipinski definition) is 1. The van der Waals surface area contributed by atoms with Gasteiger partial charge >= 0.3 is 0 Å². The molecular weight excluding hydrogens is 312 g/mol. The standard InChI is InChI=1S/C20H30N4O/c1-11(2)18(19-23-22-16-4-3-5-24(16)19)21-20(25)17-14-7-12-6-13(9-14)10-15(17)8-12/h11-15,17-18H,3-10H2,1-2H3,(H,21,25)/t12?,13?,14?,15?,17?,18-/m0/s1. The molecule has 136 valence electrons. The van der Waals surface area contributed by atoms with Gasteiger partial charge in [-0.1, -0.05) is 13.8 Å². The molecule has 5 nitrogen and oxygen atoms in total. The SMILES string of the molecule is CC(C)[C@H](NC(=O)C1C2CC3CC(C2)CC1C3)c1nnc2n1CCC2. The minimum absolute atomic E-state index is 0.0102. The van der Waals surface area contributed by atoms with Crippen LogP contribution in [0.4, 0.5) is 0 Å². The van der Waals surface area contributed by atoms with Crippen LogP contribution in [0.2, 0.25) is 0 Å². The van der Waals surface area contributed by atoms with Crippen molar-refractivity contribution in [1.29, 1.82) is 0 Å². The van der Waals surface area contributed by atoms with E-state index in [1.165, 1.54) is 32.1 Å². The summed E-state index contributed by atoms with van der Waals surface area (Å²) in [5, 5.41) is 12.2. The molecule has 4 bridgehead atoms. The van der Waals surface area contributed by atoms with E-state index in [0.717, 1.165) is 42.9 Å². The first-order valence-corrected chi connectivity index (χ1v) is 10.3. The van der Waals surface area contributed by atoms with E-state index in [4.69, 9.17) is 0 Å². The van der Waals surface area contributed by atoms with Crippen LogP contribution in [0.3, 0.4) is 0 Å². The number of amides is 1. The van der Waals surface area contributed by atoms with Crippen LogP contribution in [0.5, 0.6) is 0 Å². The lowest BCUT2D eigenvalue weighted by atomic mass is 9.51. The van der Waals surface area contributed by atoms with Gasteiger partial charge in [0.15, 0.2) is 5.82 Å². The number of rotatable bonds is 4. The molecule has 4 saturated carbocycles. The highest BCUT2D eigenvalue weighted by Crippen LogP contribution is 2.56. The smallest absolute Gasteiger partial charge is 0.224 e. The molecule has 6 rings (SSSR count). The molecule has 1 atom stereocenters. The first-order chi connectivity index (χ1) is 12.1. The van der Waals surface area contributed by atoms with Crippen molar-refractivity contribution in [2.45, 2.75) is 71.4 Å². The van der Waals surface area contributed by atoms with Crippen molar-refractivity contribution >= 4 is 5.91 Å². The number of hydrogen-bond acceptors (Lipinski definition) is 3. The molecule has 1 aliphatic heterocycles. The third kappa shape index (κ3) is 2.53. The zero-order valence-corrected chi connectivity index (χ0v) is 15.4. The van der Waals surface area contributed by atoms with Crippen LogP contribution in [0.25, 0.3) is 0 Å². The van der Waals surface area contributed by atoms with Gasteiger partial charge in [0.25, 0.3) is 0 Å². The monoisotopic (exact) mass is 342 g/mol. The van der Waals surface area contributed by atoms with Crippen LogP contribution >= 0.6 is 0 Å². The zero-order valence-electron chi connectivity index (χ0n) is 15.4. The second-order valence-electron chi connectivity index (χ2n) is 9.42. The molecule has 4 fully saturated rings. The summed E-state index contributed by atoms with van der Waals surface area (Å²) in [5.41, 5.74) is 0. The van der Waals surface area contributed by atoms with Crippen molar-refractivity contribution in [2.75, 3.05) is 0 Å². The number of carbonyl (C=O) groups is 1. The molecule has 1 amide bonds. The second-order valence-corrected chi connectivity index (χ2v) is 9.42. The highest BCUT2D eigenvalue weighted by atomic mass is 16.2. The van der Waals surface area contributed by atoms with Gasteiger partial charge in [0, 0.05) is 18.9 Å². The van der Waals surface area contributed by atoms with E-state index in [2.05, 4.69) is 33.9 Å². The first kappa shape index (κ1) is 15.8. The summed E-state index contributed by atoms with van der Waals surface area (Å²) in [5.74, 6) is 6.01. The van der Waals surface area contributed by atoms with Crippen LogP contribution in [-0.2, 0) is 17.8 Å². The van der Waals surface area contributed by atoms with Gasteiger partial charge in [-0.15, -0.1) is 10.2 Å². The first-order valence-electron chi connectivity index (χ1n) is 10.3. The Balaban J connectivity index is 1.36. The van der Waals surface area contributed by atoms with Crippen molar-refractivity contribution < 1.29 is 4.79 Å². The summed E-state index contributed by atoms with van der Waals surface area (Å²) in [6, 6.07) is -0.0102.